The fourth-order valence-electron chi connectivity index (χ4n) is 7.02. The first-order valence-electron chi connectivity index (χ1n) is 24.1. The lowest BCUT2D eigenvalue weighted by Gasteiger charge is -2.23. The second kappa shape index (κ2) is 37.2. The summed E-state index contributed by atoms with van der Waals surface area (Å²) in [7, 11) is 0. The molecule has 0 bridgehead atoms. The van der Waals surface area contributed by atoms with Gasteiger partial charge in [0.05, 0.1) is 38.4 Å². The molecule has 6 rings (SSSR count). The van der Waals surface area contributed by atoms with Gasteiger partial charge in [-0.3, -0.25) is 33.9 Å². The van der Waals surface area contributed by atoms with Gasteiger partial charge >= 0.3 is 12.1 Å². The van der Waals surface area contributed by atoms with Crippen LogP contribution in [0.3, 0.4) is 0 Å². The van der Waals surface area contributed by atoms with Gasteiger partial charge in [-0.2, -0.15) is 0 Å². The van der Waals surface area contributed by atoms with Crippen molar-refractivity contribution in [3.8, 4) is 0 Å². The van der Waals surface area contributed by atoms with Gasteiger partial charge in [0, 0.05) is 79.0 Å². The summed E-state index contributed by atoms with van der Waals surface area (Å²) in [4.78, 5) is 83.8. The summed E-state index contributed by atoms with van der Waals surface area (Å²) in [5.41, 5.74) is 2.25. The maximum atomic E-state index is 11.6. The number of hydrogen-bond acceptors (Lipinski definition) is 12. The van der Waals surface area contributed by atoms with Crippen molar-refractivity contribution in [1.82, 2.24) is 39.2 Å². The van der Waals surface area contributed by atoms with E-state index < -0.39 is 0 Å². The molecule has 0 N–H and O–H groups in total. The minimum atomic E-state index is -0.155. The third-order valence-electron chi connectivity index (χ3n) is 11.2. The van der Waals surface area contributed by atoms with Crippen molar-refractivity contribution in [1.29, 1.82) is 0 Å². The number of carbonyl (C=O) groups excluding carboxylic acids is 4. The Morgan fingerprint density at radius 1 is 0.467 bits per heavy atom. The highest BCUT2D eigenvalue weighted by molar-refractivity contribution is 7.82. The average molecular weight is 1130 g/mol. The fourth-order valence-corrected chi connectivity index (χ4v) is 9.00. The van der Waals surface area contributed by atoms with E-state index in [1.807, 2.05) is 99.8 Å². The molecule has 0 spiro atoms. The zero-order chi connectivity index (χ0) is 54.1. The zero-order valence-electron chi connectivity index (χ0n) is 44.9. The van der Waals surface area contributed by atoms with Gasteiger partial charge in [-0.15, -0.1) is 0 Å². The van der Waals surface area contributed by atoms with E-state index in [9.17, 15) is 28.8 Å². The first kappa shape index (κ1) is 79.2. The second-order valence-corrected chi connectivity index (χ2v) is 20.3. The van der Waals surface area contributed by atoms with Gasteiger partial charge in [-0.1, -0.05) is 89.3 Å². The Balaban J connectivity index is -0.000000258. The van der Waals surface area contributed by atoms with Crippen LogP contribution in [-0.2, 0) is 9.59 Å². The first-order valence-corrected chi connectivity index (χ1v) is 25.8. The van der Waals surface area contributed by atoms with Gasteiger partial charge in [0.2, 0.25) is 5.91 Å². The molecule has 20 heteroatoms. The van der Waals surface area contributed by atoms with Crippen LogP contribution < -0.4 is 10.9 Å². The number of thiocarbonyl (C=S) groups is 4. The van der Waals surface area contributed by atoms with Gasteiger partial charge in [0.1, 0.15) is 22.3 Å². The molecule has 0 aliphatic carbocycles. The monoisotopic (exact) mass is 1130 g/mol. The molecule has 0 atom stereocenters. The minimum absolute atomic E-state index is 0. The van der Waals surface area contributed by atoms with Crippen LogP contribution in [0.15, 0.2) is 43.3 Å². The number of carbonyl (C=O) groups is 4. The van der Waals surface area contributed by atoms with Crippen LogP contribution >= 0.6 is 48.9 Å². The predicted molar refractivity (Wildman–Crippen MR) is 329 cm³/mol. The molecule has 75 heavy (non-hydrogen) atoms. The quantitative estimate of drug-likeness (QED) is 0.164. The number of urea groups is 2. The number of nitrogens with zero attached hydrogens (tertiary/aromatic N) is 8. The number of hydrogen-bond donors (Lipinski definition) is 0. The molecule has 2 aromatic heterocycles. The largest absolute Gasteiger partial charge is 0.472 e. The number of imide groups is 1. The SMILES string of the molecule is C.C.C.C.C.CCN1CC(=O)N(C(C)C)C1=O.CCN1CC(=O)N(C(C)C)C1=S.CCN1CC(=S)N(C(C)C)C1=O.CCN1CC(=S)N(C(C)C)C1=S.Cc1coc(C(C)C)cc1=O.Cc1cocc(C(C)C)c1=O. The molecule has 4 fully saturated rings. The van der Waals surface area contributed by atoms with Gasteiger partial charge in [0.25, 0.3) is 5.91 Å². The molecule has 0 radical (unpaired) electrons. The number of likely N-dealkylation sites (N-methyl/N-ethyl adjacent to an activating group) is 4. The van der Waals surface area contributed by atoms with E-state index in [4.69, 9.17) is 57.7 Å². The molecule has 6 amide bonds. The van der Waals surface area contributed by atoms with Crippen molar-refractivity contribution in [3.05, 3.63) is 67.8 Å². The highest BCUT2D eigenvalue weighted by Gasteiger charge is 2.37. The van der Waals surface area contributed by atoms with Crippen molar-refractivity contribution in [3.63, 3.8) is 0 Å². The van der Waals surface area contributed by atoms with Crippen molar-refractivity contribution >= 4 is 92.9 Å². The van der Waals surface area contributed by atoms with E-state index in [1.54, 1.807) is 39.5 Å². The normalized spacial score (nSPS) is 14.8. The molecule has 0 aromatic carbocycles. The second-order valence-electron chi connectivity index (χ2n) is 18.6. The summed E-state index contributed by atoms with van der Waals surface area (Å²) in [6, 6.07) is 2.18. The summed E-state index contributed by atoms with van der Waals surface area (Å²) in [6.45, 7) is 40.4. The van der Waals surface area contributed by atoms with Crippen molar-refractivity contribution in [2.75, 3.05) is 52.4 Å². The summed E-state index contributed by atoms with van der Waals surface area (Å²) < 4.78 is 10.2. The average Bonchev–Trinajstić information content (AvgIpc) is 3.96. The Morgan fingerprint density at radius 2 is 0.840 bits per heavy atom. The molecule has 16 nitrogen and oxygen atoms in total. The number of aryl methyl sites for hydroxylation is 2. The van der Waals surface area contributed by atoms with Gasteiger partial charge in [-0.05, 0) is 127 Å². The summed E-state index contributed by atoms with van der Waals surface area (Å²) in [5.74, 6) is 1.31. The van der Waals surface area contributed by atoms with E-state index in [0.717, 1.165) is 52.6 Å². The lowest BCUT2D eigenvalue weighted by Crippen LogP contribution is -2.37. The number of amides is 6. The molecule has 4 aliphatic heterocycles. The molecule has 4 saturated heterocycles. The maximum absolute atomic E-state index is 11.6. The van der Waals surface area contributed by atoms with E-state index in [1.165, 1.54) is 23.7 Å². The molecular formula is C55H100N8O8S4. The predicted octanol–water partition coefficient (Wildman–Crippen LogP) is 12.0. The highest BCUT2D eigenvalue weighted by atomic mass is 32.1. The summed E-state index contributed by atoms with van der Waals surface area (Å²) >= 11 is 20.8. The molecule has 6 heterocycles. The van der Waals surface area contributed by atoms with Crippen molar-refractivity contribution < 1.29 is 28.0 Å². The van der Waals surface area contributed by atoms with E-state index in [2.05, 4.69) is 25.7 Å². The molecule has 0 unspecified atom stereocenters. The molecule has 4 aliphatic rings. The minimum Gasteiger partial charge on any atom is -0.472 e. The molecule has 0 saturated carbocycles. The number of rotatable bonds is 10. The van der Waals surface area contributed by atoms with Gasteiger partial charge < -0.3 is 33.3 Å². The first-order chi connectivity index (χ1) is 32.5. The Labute approximate surface area is 475 Å². The fraction of sp³-hybridized carbons (Fsp3) is 0.673. The van der Waals surface area contributed by atoms with Crippen LogP contribution in [0.2, 0.25) is 0 Å². The zero-order valence-corrected chi connectivity index (χ0v) is 48.2. The van der Waals surface area contributed by atoms with Crippen molar-refractivity contribution in [2.45, 2.75) is 198 Å². The van der Waals surface area contributed by atoms with Crippen LogP contribution in [0.1, 0.15) is 182 Å². The van der Waals surface area contributed by atoms with Gasteiger partial charge in [0.15, 0.2) is 21.1 Å². The van der Waals surface area contributed by atoms with Crippen LogP contribution in [0, 0.1) is 13.8 Å². The Hall–Kier alpha value is -4.66. The lowest BCUT2D eigenvalue weighted by molar-refractivity contribution is -0.127. The lowest BCUT2D eigenvalue weighted by atomic mass is 10.0. The van der Waals surface area contributed by atoms with Crippen LogP contribution in [0.5, 0.6) is 0 Å². The standard InChI is InChI=1S/2C9H12O2.C8H14N2O2.2C8H14N2OS.C8H14N2S2.5CH4/c1-6(2)9-4-8(10)7(3)5-11-9;1-6(2)8-5-11-4-7(3)9(8)10;1-4-9-5-7(11)10(6(2)3)8(9)12;1-4-9-5-7(12)10(6(2)3)8(9)11;2*1-4-9-5-7(11)10(6(2)3)8(9)12;;;;;/h2*4-6H,1-3H3;4*6H,4-5H2,1-3H3;5*1H4. The Morgan fingerprint density at radius 3 is 1.13 bits per heavy atom. The van der Waals surface area contributed by atoms with E-state index in [-0.39, 0.29) is 108 Å². The van der Waals surface area contributed by atoms with Crippen LogP contribution in [0.4, 0.5) is 9.59 Å². The molecule has 432 valence electrons. The van der Waals surface area contributed by atoms with Gasteiger partial charge in [-0.25, -0.2) is 9.59 Å². The maximum Gasteiger partial charge on any atom is 0.327 e. The molecular weight excluding hydrogens is 1030 g/mol. The van der Waals surface area contributed by atoms with Crippen molar-refractivity contribution in [2.24, 2.45) is 0 Å². The van der Waals surface area contributed by atoms with E-state index >= 15 is 0 Å². The molecule has 2 aromatic rings. The summed E-state index contributed by atoms with van der Waals surface area (Å²) in [5, 5.41) is 1.56. The summed E-state index contributed by atoms with van der Waals surface area (Å²) in [6.07, 6.45) is 4.52. The van der Waals surface area contributed by atoms with E-state index in [0.29, 0.717) is 41.9 Å². The van der Waals surface area contributed by atoms with Crippen LogP contribution in [0.25, 0.3) is 0 Å². The smallest absolute Gasteiger partial charge is 0.327 e. The third-order valence-corrected chi connectivity index (χ3v) is 12.7. The van der Waals surface area contributed by atoms with Crippen LogP contribution in [-0.4, -0.2) is 160 Å². The third kappa shape index (κ3) is 22.5. The Kier molecular flexibility index (Phi) is 39.3. The Bertz CT molecular complexity index is 2080. The topological polar surface area (TPSA) is 155 Å². The highest BCUT2D eigenvalue weighted by Crippen LogP contribution is 2.17.